The quantitative estimate of drug-likeness (QED) is 0.385. The van der Waals surface area contributed by atoms with E-state index in [0.29, 0.717) is 6.61 Å². The van der Waals surface area contributed by atoms with E-state index in [-0.39, 0.29) is 12.1 Å². The van der Waals surface area contributed by atoms with Gasteiger partial charge in [-0.3, -0.25) is 0 Å². The lowest BCUT2D eigenvalue weighted by atomic mass is 9.83. The molecule has 138 valence electrons. The van der Waals surface area contributed by atoms with Crippen molar-refractivity contribution in [3.8, 4) is 5.75 Å². The van der Waals surface area contributed by atoms with Crippen LogP contribution in [0.1, 0.15) is 29.2 Å². The summed E-state index contributed by atoms with van der Waals surface area (Å²) in [6.45, 7) is 4.18. The number of hydrogen-bond donors (Lipinski definition) is 2. The zero-order chi connectivity index (χ0) is 19.0. The molecule has 0 spiro atoms. The number of fused-ring (bicyclic) bond motifs is 2. The highest BCUT2D eigenvalue weighted by Gasteiger charge is 2.32. The number of amides is 2. The van der Waals surface area contributed by atoms with E-state index in [1.807, 2.05) is 6.07 Å². The van der Waals surface area contributed by atoms with E-state index < -0.39 is 0 Å². The number of rotatable bonds is 4. The van der Waals surface area contributed by atoms with Gasteiger partial charge in [-0.2, -0.15) is 0 Å². The molecule has 0 saturated heterocycles. The van der Waals surface area contributed by atoms with E-state index in [1.165, 1.54) is 11.1 Å². The van der Waals surface area contributed by atoms with E-state index in [4.69, 9.17) is 4.74 Å². The molecule has 27 heavy (non-hydrogen) atoms. The molecule has 1 atom stereocenters. The maximum atomic E-state index is 12.4. The smallest absolute Gasteiger partial charge is 0.319 e. The molecule has 1 aliphatic heterocycles. The van der Waals surface area contributed by atoms with Crippen LogP contribution in [0.25, 0.3) is 5.70 Å². The van der Waals surface area contributed by atoms with Crippen molar-refractivity contribution >= 4 is 56.9 Å². The van der Waals surface area contributed by atoms with Crippen LogP contribution in [0.15, 0.2) is 54.6 Å². The van der Waals surface area contributed by atoms with Gasteiger partial charge in [-0.1, -0.05) is 36.9 Å². The number of aryl methyl sites for hydroxylation is 1. The molecule has 2 amide bonds. The van der Waals surface area contributed by atoms with Crippen molar-refractivity contribution in [2.24, 2.45) is 0 Å². The first-order valence-corrected chi connectivity index (χ1v) is 10.9. The van der Waals surface area contributed by atoms with Crippen LogP contribution in [0.4, 0.5) is 4.79 Å². The summed E-state index contributed by atoms with van der Waals surface area (Å²) >= 11 is 4.58. The predicted molar refractivity (Wildman–Crippen MR) is 124 cm³/mol. The number of nitrogens with one attached hydrogen (secondary N) is 2. The first kappa shape index (κ1) is 18.8. The van der Waals surface area contributed by atoms with Gasteiger partial charge in [-0.25, -0.2) is 4.79 Å². The lowest BCUT2D eigenvalue weighted by molar-refractivity contribution is 0.240. The molecule has 0 saturated carbocycles. The van der Waals surface area contributed by atoms with Crippen LogP contribution in [0.2, 0.25) is 0 Å². The minimum atomic E-state index is -0.160. The van der Waals surface area contributed by atoms with Crippen LogP contribution in [0.5, 0.6) is 5.75 Å². The monoisotopic (exact) mass is 584 g/mol. The molecule has 0 unspecified atom stereocenters. The molecule has 4 nitrogen and oxygen atoms in total. The number of carbonyl (C=O) groups excluding carboxylic acids is 1. The molecule has 1 aliphatic carbocycles. The zero-order valence-corrected chi connectivity index (χ0v) is 18.8. The Morgan fingerprint density at radius 3 is 2.67 bits per heavy atom. The number of ether oxygens (including phenoxy) is 1. The Morgan fingerprint density at radius 2 is 1.93 bits per heavy atom. The van der Waals surface area contributed by atoms with Crippen LogP contribution in [-0.4, -0.2) is 12.6 Å². The third-order valence-electron chi connectivity index (χ3n) is 4.83. The van der Waals surface area contributed by atoms with Crippen LogP contribution >= 0.6 is 45.2 Å². The average Bonchev–Trinajstić information content (AvgIpc) is 2.66. The third kappa shape index (κ3) is 3.61. The molecular formula is C21H18I2N2O2. The van der Waals surface area contributed by atoms with Gasteiger partial charge < -0.3 is 15.4 Å². The van der Waals surface area contributed by atoms with E-state index in [0.717, 1.165) is 42.6 Å². The van der Waals surface area contributed by atoms with Gasteiger partial charge in [0, 0.05) is 5.56 Å². The molecule has 6 heteroatoms. The summed E-state index contributed by atoms with van der Waals surface area (Å²) in [4.78, 5) is 12.4. The Labute approximate surface area is 185 Å². The molecule has 0 radical (unpaired) electrons. The van der Waals surface area contributed by atoms with Gasteiger partial charge in [0.15, 0.2) is 0 Å². The van der Waals surface area contributed by atoms with E-state index in [9.17, 15) is 4.79 Å². The summed E-state index contributed by atoms with van der Waals surface area (Å²) in [6.07, 6.45) is 3.65. The lowest BCUT2D eigenvalue weighted by Gasteiger charge is -2.34. The van der Waals surface area contributed by atoms with Gasteiger partial charge in [0.05, 0.1) is 18.9 Å². The van der Waals surface area contributed by atoms with E-state index in [1.54, 1.807) is 6.08 Å². The van der Waals surface area contributed by atoms with Crippen LogP contribution in [0, 0.1) is 7.14 Å². The molecule has 4 rings (SSSR count). The first-order valence-electron chi connectivity index (χ1n) is 8.70. The fraction of sp³-hybridized carbons (Fsp3) is 0.190. The Bertz CT molecular complexity index is 945. The van der Waals surface area contributed by atoms with Gasteiger partial charge in [0.25, 0.3) is 0 Å². The van der Waals surface area contributed by atoms with Gasteiger partial charge >= 0.3 is 6.03 Å². The van der Waals surface area contributed by atoms with Crippen molar-refractivity contribution < 1.29 is 9.53 Å². The normalized spacial score (nSPS) is 18.1. The highest BCUT2D eigenvalue weighted by molar-refractivity contribution is 14.1. The number of hydrogen-bond acceptors (Lipinski definition) is 2. The second kappa shape index (κ2) is 7.83. The molecule has 0 bridgehead atoms. The number of urea groups is 1. The van der Waals surface area contributed by atoms with Crippen molar-refractivity contribution in [2.45, 2.75) is 18.9 Å². The standard InChI is InChI=1S/C21H18I2N2O2/c1-2-9-27-20-16(22)10-13(11-17(20)23)18-15-8-7-12-5-3-4-6-14(12)19(15)25-21(26)24-18/h2-6,10-11,18H,1,7-9H2,(H2,24,25,26)/t18-/m0/s1. The van der Waals surface area contributed by atoms with Gasteiger partial charge in [-0.05, 0) is 86.9 Å². The Balaban J connectivity index is 1.78. The fourth-order valence-electron chi connectivity index (χ4n) is 3.66. The summed E-state index contributed by atoms with van der Waals surface area (Å²) in [5.74, 6) is 0.864. The molecule has 0 aromatic heterocycles. The maximum absolute atomic E-state index is 12.4. The average molecular weight is 584 g/mol. The number of halogens is 2. The summed E-state index contributed by atoms with van der Waals surface area (Å²) < 4.78 is 7.85. The Hall–Kier alpha value is -1.55. The Morgan fingerprint density at radius 1 is 1.19 bits per heavy atom. The fourth-order valence-corrected chi connectivity index (χ4v) is 5.79. The molecule has 2 N–H and O–H groups in total. The lowest BCUT2D eigenvalue weighted by Crippen LogP contribution is -2.44. The van der Waals surface area contributed by atoms with Crippen LogP contribution in [-0.2, 0) is 6.42 Å². The highest BCUT2D eigenvalue weighted by Crippen LogP contribution is 2.40. The van der Waals surface area contributed by atoms with Crippen LogP contribution < -0.4 is 15.4 Å². The SMILES string of the molecule is C=CCOc1c(I)cc([C@@H]2NC(=O)NC3=C2CCc2ccccc23)cc1I. The van der Waals surface area contributed by atoms with Crippen LogP contribution in [0.3, 0.4) is 0 Å². The minimum absolute atomic E-state index is 0.127. The second-order valence-electron chi connectivity index (χ2n) is 6.50. The Kier molecular flexibility index (Phi) is 5.45. The summed E-state index contributed by atoms with van der Waals surface area (Å²) in [5.41, 5.74) is 5.70. The highest BCUT2D eigenvalue weighted by atomic mass is 127. The maximum Gasteiger partial charge on any atom is 0.319 e. The molecular weight excluding hydrogens is 566 g/mol. The van der Waals surface area contributed by atoms with E-state index >= 15 is 0 Å². The van der Waals surface area contributed by atoms with Gasteiger partial charge in [0.1, 0.15) is 12.4 Å². The number of carbonyl (C=O) groups is 1. The second-order valence-corrected chi connectivity index (χ2v) is 8.83. The summed E-state index contributed by atoms with van der Waals surface area (Å²) in [6, 6.07) is 12.2. The van der Waals surface area contributed by atoms with Crippen molar-refractivity contribution in [1.29, 1.82) is 0 Å². The van der Waals surface area contributed by atoms with E-state index in [2.05, 4.69) is 92.7 Å². The molecule has 1 heterocycles. The summed E-state index contributed by atoms with van der Waals surface area (Å²) in [7, 11) is 0. The molecule has 2 aromatic rings. The number of benzene rings is 2. The first-order chi connectivity index (χ1) is 13.1. The van der Waals surface area contributed by atoms with Gasteiger partial charge in [0.2, 0.25) is 0 Å². The zero-order valence-electron chi connectivity index (χ0n) is 14.5. The summed E-state index contributed by atoms with van der Waals surface area (Å²) in [5, 5.41) is 6.14. The van der Waals surface area contributed by atoms with Crippen molar-refractivity contribution in [3.05, 3.63) is 78.5 Å². The van der Waals surface area contributed by atoms with Crippen molar-refractivity contribution in [1.82, 2.24) is 10.6 Å². The molecule has 0 fully saturated rings. The van der Waals surface area contributed by atoms with Crippen molar-refractivity contribution in [2.75, 3.05) is 6.61 Å². The molecule has 2 aromatic carbocycles. The minimum Gasteiger partial charge on any atom is -0.487 e. The predicted octanol–water partition coefficient (Wildman–Crippen LogP) is 5.17. The third-order valence-corrected chi connectivity index (χ3v) is 6.44. The van der Waals surface area contributed by atoms with Gasteiger partial charge in [-0.15, -0.1) is 0 Å². The molecule has 2 aliphatic rings. The van der Waals surface area contributed by atoms with Crippen molar-refractivity contribution in [3.63, 3.8) is 0 Å². The topological polar surface area (TPSA) is 50.4 Å². The largest absolute Gasteiger partial charge is 0.487 e.